The van der Waals surface area contributed by atoms with Gasteiger partial charge in [0.2, 0.25) is 0 Å². The Hall–Kier alpha value is -1.84. The zero-order chi connectivity index (χ0) is 11.0. The van der Waals surface area contributed by atoms with Crippen molar-refractivity contribution in [1.82, 2.24) is 4.74 Å². The molecule has 0 amide bonds. The molecule has 1 aromatic heterocycles. The molecule has 0 aliphatic rings. The maximum Gasteiger partial charge on any atom is 0.365 e. The lowest BCUT2D eigenvalue weighted by Crippen LogP contribution is -2.01. The number of carbonyl (C=O) groups is 1. The Morgan fingerprint density at radius 3 is 2.73 bits per heavy atom. The Morgan fingerprint density at radius 1 is 1.40 bits per heavy atom. The van der Waals surface area contributed by atoms with Gasteiger partial charge in [0.25, 0.3) is 0 Å². The molecule has 0 saturated carbocycles. The SMILES string of the molecule is CC(C)n1oc(=O)c2cccc(C=O)c21. The van der Waals surface area contributed by atoms with E-state index in [4.69, 9.17) is 4.52 Å². The fourth-order valence-electron chi connectivity index (χ4n) is 1.61. The van der Waals surface area contributed by atoms with Crippen molar-refractivity contribution in [1.29, 1.82) is 0 Å². The van der Waals surface area contributed by atoms with Crippen LogP contribution in [-0.2, 0) is 0 Å². The van der Waals surface area contributed by atoms with Gasteiger partial charge in [0.15, 0.2) is 6.29 Å². The fourth-order valence-corrected chi connectivity index (χ4v) is 1.61. The number of para-hydroxylation sites is 1. The number of aromatic nitrogens is 1. The Morgan fingerprint density at radius 2 is 2.13 bits per heavy atom. The molecular weight excluding hydrogens is 194 g/mol. The van der Waals surface area contributed by atoms with Crippen molar-refractivity contribution in [3.05, 3.63) is 34.2 Å². The molecule has 0 aliphatic heterocycles. The third kappa shape index (κ3) is 1.38. The van der Waals surface area contributed by atoms with Gasteiger partial charge in [-0.2, -0.15) is 0 Å². The normalized spacial score (nSPS) is 11.1. The molecule has 0 unspecified atom stereocenters. The van der Waals surface area contributed by atoms with Crippen LogP contribution in [0.25, 0.3) is 10.9 Å². The van der Waals surface area contributed by atoms with Crippen molar-refractivity contribution >= 4 is 17.2 Å². The van der Waals surface area contributed by atoms with E-state index in [9.17, 15) is 9.59 Å². The number of rotatable bonds is 2. The molecule has 1 heterocycles. The van der Waals surface area contributed by atoms with Crippen LogP contribution in [0.3, 0.4) is 0 Å². The van der Waals surface area contributed by atoms with Crippen molar-refractivity contribution in [2.75, 3.05) is 0 Å². The monoisotopic (exact) mass is 205 g/mol. The highest BCUT2D eigenvalue weighted by Gasteiger charge is 2.14. The van der Waals surface area contributed by atoms with E-state index in [1.807, 2.05) is 13.8 Å². The molecule has 0 spiro atoms. The quantitative estimate of drug-likeness (QED) is 0.704. The lowest BCUT2D eigenvalue weighted by molar-refractivity contribution is 0.112. The molecule has 1 aromatic carbocycles. The molecule has 0 fully saturated rings. The smallest absolute Gasteiger partial charge is 0.335 e. The van der Waals surface area contributed by atoms with Gasteiger partial charge in [-0.05, 0) is 26.0 Å². The Kier molecular flexibility index (Phi) is 2.19. The summed E-state index contributed by atoms with van der Waals surface area (Å²) in [7, 11) is 0. The molecule has 2 rings (SSSR count). The van der Waals surface area contributed by atoms with Crippen LogP contribution in [0.15, 0.2) is 27.5 Å². The molecule has 0 radical (unpaired) electrons. The molecule has 4 heteroatoms. The zero-order valence-corrected chi connectivity index (χ0v) is 8.56. The molecule has 0 aliphatic carbocycles. The summed E-state index contributed by atoms with van der Waals surface area (Å²) in [5, 5.41) is 0.452. The first-order chi connectivity index (χ1) is 7.15. The van der Waals surface area contributed by atoms with E-state index < -0.39 is 5.63 Å². The van der Waals surface area contributed by atoms with Crippen molar-refractivity contribution in [2.45, 2.75) is 19.9 Å². The summed E-state index contributed by atoms with van der Waals surface area (Å²) in [5.74, 6) is 0. The highest BCUT2D eigenvalue weighted by Crippen LogP contribution is 2.19. The zero-order valence-electron chi connectivity index (χ0n) is 8.56. The second-order valence-electron chi connectivity index (χ2n) is 3.66. The molecule has 0 N–H and O–H groups in total. The van der Waals surface area contributed by atoms with Gasteiger partial charge >= 0.3 is 5.63 Å². The van der Waals surface area contributed by atoms with Crippen LogP contribution < -0.4 is 5.63 Å². The van der Waals surface area contributed by atoms with Gasteiger partial charge < -0.3 is 4.52 Å². The van der Waals surface area contributed by atoms with Gasteiger partial charge in [-0.15, -0.1) is 0 Å². The minimum Gasteiger partial charge on any atom is -0.335 e. The summed E-state index contributed by atoms with van der Waals surface area (Å²) in [4.78, 5) is 22.3. The first kappa shape index (κ1) is 9.71. The van der Waals surface area contributed by atoms with E-state index in [2.05, 4.69) is 0 Å². The second-order valence-corrected chi connectivity index (χ2v) is 3.66. The average Bonchev–Trinajstić information content (AvgIpc) is 2.56. The summed E-state index contributed by atoms with van der Waals surface area (Å²) in [6.45, 7) is 3.79. The number of fused-ring (bicyclic) bond motifs is 1. The topological polar surface area (TPSA) is 52.2 Å². The predicted molar refractivity (Wildman–Crippen MR) is 56.2 cm³/mol. The van der Waals surface area contributed by atoms with Crippen LogP contribution in [0, 0.1) is 0 Å². The maximum absolute atomic E-state index is 11.5. The number of nitrogens with zero attached hydrogens (tertiary/aromatic N) is 1. The highest BCUT2D eigenvalue weighted by atomic mass is 16.5. The summed E-state index contributed by atoms with van der Waals surface area (Å²) in [6, 6.07) is 5.01. The summed E-state index contributed by atoms with van der Waals surface area (Å²) >= 11 is 0. The number of aldehydes is 1. The first-order valence-corrected chi connectivity index (χ1v) is 4.75. The van der Waals surface area contributed by atoms with Crippen molar-refractivity contribution < 1.29 is 9.32 Å². The van der Waals surface area contributed by atoms with Crippen molar-refractivity contribution in [3.8, 4) is 0 Å². The largest absolute Gasteiger partial charge is 0.365 e. The van der Waals surface area contributed by atoms with E-state index in [0.717, 1.165) is 6.29 Å². The van der Waals surface area contributed by atoms with Gasteiger partial charge in [0.05, 0.1) is 11.4 Å². The van der Waals surface area contributed by atoms with E-state index >= 15 is 0 Å². The van der Waals surface area contributed by atoms with Gasteiger partial charge in [0.1, 0.15) is 5.52 Å². The van der Waals surface area contributed by atoms with Crippen LogP contribution >= 0.6 is 0 Å². The first-order valence-electron chi connectivity index (χ1n) is 4.75. The number of carbonyl (C=O) groups excluding carboxylic acids is 1. The highest BCUT2D eigenvalue weighted by molar-refractivity contribution is 5.95. The van der Waals surface area contributed by atoms with Crippen LogP contribution in [0.1, 0.15) is 30.2 Å². The molecule has 2 aromatic rings. The third-order valence-corrected chi connectivity index (χ3v) is 2.28. The van der Waals surface area contributed by atoms with Crippen LogP contribution in [0.4, 0.5) is 0 Å². The number of hydrogen-bond acceptors (Lipinski definition) is 3. The lowest BCUT2D eigenvalue weighted by Gasteiger charge is -2.06. The molecule has 15 heavy (non-hydrogen) atoms. The van der Waals surface area contributed by atoms with Crippen LogP contribution in [-0.4, -0.2) is 11.0 Å². The van der Waals surface area contributed by atoms with Gasteiger partial charge in [-0.1, -0.05) is 6.07 Å². The standard InChI is InChI=1S/C11H11NO3/c1-7(2)12-10-8(6-13)4-3-5-9(10)11(14)15-12/h3-7H,1-2H3. The number of benzene rings is 1. The minimum atomic E-state index is -0.401. The molecule has 0 atom stereocenters. The Balaban J connectivity index is 2.94. The minimum absolute atomic E-state index is 0.0105. The Bertz CT molecular complexity index is 563. The molecule has 4 nitrogen and oxygen atoms in total. The average molecular weight is 205 g/mol. The van der Waals surface area contributed by atoms with Crippen LogP contribution in [0.2, 0.25) is 0 Å². The number of hydrogen-bond donors (Lipinski definition) is 0. The van der Waals surface area contributed by atoms with Gasteiger partial charge in [-0.25, -0.2) is 9.53 Å². The predicted octanol–water partition coefficient (Wildman–Crippen LogP) is 1.99. The third-order valence-electron chi connectivity index (χ3n) is 2.28. The summed E-state index contributed by atoms with van der Waals surface area (Å²) in [5.41, 5.74) is 0.655. The van der Waals surface area contributed by atoms with Crippen molar-refractivity contribution in [3.63, 3.8) is 0 Å². The van der Waals surface area contributed by atoms with E-state index in [0.29, 0.717) is 16.5 Å². The molecule has 78 valence electrons. The second kappa shape index (κ2) is 3.38. The molecule has 0 bridgehead atoms. The van der Waals surface area contributed by atoms with E-state index in [1.54, 1.807) is 18.2 Å². The van der Waals surface area contributed by atoms with E-state index in [-0.39, 0.29) is 6.04 Å². The van der Waals surface area contributed by atoms with E-state index in [1.165, 1.54) is 4.74 Å². The van der Waals surface area contributed by atoms with Gasteiger partial charge in [-0.3, -0.25) is 4.79 Å². The van der Waals surface area contributed by atoms with Gasteiger partial charge in [0, 0.05) is 5.56 Å². The summed E-state index contributed by atoms with van der Waals surface area (Å²) in [6.07, 6.45) is 0.732. The Labute approximate surface area is 86.1 Å². The maximum atomic E-state index is 11.5. The lowest BCUT2D eigenvalue weighted by atomic mass is 10.1. The molecular formula is C11H11NO3. The van der Waals surface area contributed by atoms with Crippen molar-refractivity contribution in [2.24, 2.45) is 0 Å². The summed E-state index contributed by atoms with van der Waals surface area (Å²) < 4.78 is 6.54. The fraction of sp³-hybridized carbons (Fsp3) is 0.273. The van der Waals surface area contributed by atoms with Crippen LogP contribution in [0.5, 0.6) is 0 Å². The molecule has 0 saturated heterocycles.